The second kappa shape index (κ2) is 8.16. The van der Waals surface area contributed by atoms with Crippen LogP contribution in [0.25, 0.3) is 10.6 Å². The number of aromatic nitrogens is 4. The Bertz CT molecular complexity index is 965. The fraction of sp³-hybridized carbons (Fsp3) is 0.316. The zero-order valence-corrected chi connectivity index (χ0v) is 18.1. The SMILES string of the molecule is C=CCn1c(SCc2csc(-c3cc(Br)ccc3OC)n2)nnc1C1CC1. The number of nitrogens with zero attached hydrogens (tertiary/aromatic N) is 4. The van der Waals surface area contributed by atoms with E-state index in [4.69, 9.17) is 9.72 Å². The Morgan fingerprint density at radius 3 is 3.00 bits per heavy atom. The Kier molecular flexibility index (Phi) is 5.66. The lowest BCUT2D eigenvalue weighted by Crippen LogP contribution is -2.02. The maximum atomic E-state index is 5.48. The van der Waals surface area contributed by atoms with E-state index in [1.54, 1.807) is 30.2 Å². The highest BCUT2D eigenvalue weighted by molar-refractivity contribution is 9.10. The minimum Gasteiger partial charge on any atom is -0.496 e. The van der Waals surface area contributed by atoms with Gasteiger partial charge in [0.15, 0.2) is 5.16 Å². The molecule has 1 aliphatic rings. The second-order valence-electron chi connectivity index (χ2n) is 6.29. The van der Waals surface area contributed by atoms with Crippen molar-refractivity contribution in [3.8, 4) is 16.3 Å². The summed E-state index contributed by atoms with van der Waals surface area (Å²) in [7, 11) is 1.68. The molecular weight excluding hydrogens is 444 g/mol. The lowest BCUT2D eigenvalue weighted by atomic mass is 10.2. The summed E-state index contributed by atoms with van der Waals surface area (Å²) in [6, 6.07) is 5.96. The molecule has 140 valence electrons. The van der Waals surface area contributed by atoms with Gasteiger partial charge in [0.2, 0.25) is 0 Å². The van der Waals surface area contributed by atoms with Crippen molar-refractivity contribution in [1.29, 1.82) is 0 Å². The van der Waals surface area contributed by atoms with Gasteiger partial charge in [-0.3, -0.25) is 0 Å². The van der Waals surface area contributed by atoms with Gasteiger partial charge in [-0.05, 0) is 31.0 Å². The first kappa shape index (κ1) is 18.7. The minimum absolute atomic E-state index is 0.571. The van der Waals surface area contributed by atoms with Crippen molar-refractivity contribution in [3.05, 3.63) is 52.2 Å². The molecule has 0 spiro atoms. The smallest absolute Gasteiger partial charge is 0.191 e. The number of ether oxygens (including phenoxy) is 1. The molecule has 0 saturated heterocycles. The molecule has 2 aromatic heterocycles. The van der Waals surface area contributed by atoms with E-state index in [1.165, 1.54) is 12.8 Å². The Balaban J connectivity index is 1.51. The lowest BCUT2D eigenvalue weighted by Gasteiger charge is -2.06. The van der Waals surface area contributed by atoms with Crippen LogP contribution in [0.4, 0.5) is 0 Å². The summed E-state index contributed by atoms with van der Waals surface area (Å²) in [6.45, 7) is 4.61. The molecule has 1 saturated carbocycles. The van der Waals surface area contributed by atoms with Crippen LogP contribution in [-0.2, 0) is 12.3 Å². The molecule has 5 nitrogen and oxygen atoms in total. The van der Waals surface area contributed by atoms with Crippen LogP contribution in [-0.4, -0.2) is 26.9 Å². The summed E-state index contributed by atoms with van der Waals surface area (Å²) in [5, 5.41) is 12.8. The van der Waals surface area contributed by atoms with Crippen molar-refractivity contribution in [2.75, 3.05) is 7.11 Å². The number of thioether (sulfide) groups is 1. The van der Waals surface area contributed by atoms with Crippen LogP contribution >= 0.6 is 39.0 Å². The molecule has 0 atom stereocenters. The van der Waals surface area contributed by atoms with Gasteiger partial charge in [-0.25, -0.2) is 4.98 Å². The lowest BCUT2D eigenvalue weighted by molar-refractivity contribution is 0.416. The maximum Gasteiger partial charge on any atom is 0.191 e. The highest BCUT2D eigenvalue weighted by Crippen LogP contribution is 2.40. The highest BCUT2D eigenvalue weighted by Gasteiger charge is 2.30. The van der Waals surface area contributed by atoms with E-state index < -0.39 is 0 Å². The number of thiazole rings is 1. The third kappa shape index (κ3) is 4.12. The van der Waals surface area contributed by atoms with Crippen molar-refractivity contribution in [1.82, 2.24) is 19.7 Å². The zero-order chi connectivity index (χ0) is 18.8. The van der Waals surface area contributed by atoms with Gasteiger partial charge in [-0.15, -0.1) is 28.1 Å². The monoisotopic (exact) mass is 462 g/mol. The number of rotatable bonds is 8. The Hall–Kier alpha value is -1.64. The van der Waals surface area contributed by atoms with Crippen molar-refractivity contribution < 1.29 is 4.74 Å². The van der Waals surface area contributed by atoms with Gasteiger partial charge in [-0.1, -0.05) is 33.8 Å². The number of halogens is 1. The number of allylic oxidation sites excluding steroid dienone is 1. The Morgan fingerprint density at radius 2 is 2.26 bits per heavy atom. The average molecular weight is 463 g/mol. The van der Waals surface area contributed by atoms with Gasteiger partial charge in [0.25, 0.3) is 0 Å². The van der Waals surface area contributed by atoms with Crippen LogP contribution in [0.2, 0.25) is 0 Å². The first-order chi connectivity index (χ1) is 13.2. The van der Waals surface area contributed by atoms with E-state index in [1.807, 2.05) is 24.3 Å². The van der Waals surface area contributed by atoms with Crippen LogP contribution in [0.5, 0.6) is 5.75 Å². The number of hydrogen-bond acceptors (Lipinski definition) is 6. The van der Waals surface area contributed by atoms with Gasteiger partial charge in [0, 0.05) is 28.1 Å². The molecule has 1 aliphatic carbocycles. The van der Waals surface area contributed by atoms with Crippen molar-refractivity contribution in [2.24, 2.45) is 0 Å². The van der Waals surface area contributed by atoms with E-state index >= 15 is 0 Å². The first-order valence-electron chi connectivity index (χ1n) is 8.64. The molecule has 27 heavy (non-hydrogen) atoms. The molecule has 0 aliphatic heterocycles. The fourth-order valence-corrected chi connectivity index (χ4v) is 4.99. The average Bonchev–Trinajstić information content (AvgIpc) is 3.27. The third-order valence-corrected chi connectivity index (χ3v) is 6.71. The summed E-state index contributed by atoms with van der Waals surface area (Å²) in [4.78, 5) is 4.79. The molecule has 0 amide bonds. The molecule has 4 rings (SSSR count). The van der Waals surface area contributed by atoms with Crippen LogP contribution in [0.3, 0.4) is 0 Å². The number of benzene rings is 1. The van der Waals surface area contributed by atoms with Crippen LogP contribution in [0.15, 0.2) is 45.9 Å². The van der Waals surface area contributed by atoms with Gasteiger partial charge in [0.1, 0.15) is 16.6 Å². The largest absolute Gasteiger partial charge is 0.496 e. The molecule has 1 aromatic carbocycles. The van der Waals surface area contributed by atoms with E-state index in [0.717, 1.165) is 49.8 Å². The maximum absolute atomic E-state index is 5.48. The first-order valence-corrected chi connectivity index (χ1v) is 11.3. The Labute approximate surface area is 175 Å². The predicted octanol–water partition coefficient (Wildman–Crippen LogP) is 5.53. The van der Waals surface area contributed by atoms with Crippen LogP contribution in [0.1, 0.15) is 30.3 Å². The van der Waals surface area contributed by atoms with Crippen LogP contribution in [0, 0.1) is 0 Å². The summed E-state index contributed by atoms with van der Waals surface area (Å²) in [6.07, 6.45) is 4.33. The predicted molar refractivity (Wildman–Crippen MR) is 114 cm³/mol. The van der Waals surface area contributed by atoms with Gasteiger partial charge in [-0.2, -0.15) is 0 Å². The molecule has 0 radical (unpaired) electrons. The molecule has 2 heterocycles. The standard InChI is InChI=1S/C19H19BrN4OS2/c1-3-8-24-17(12-4-5-12)22-23-19(24)27-11-14-10-26-18(21-14)15-9-13(20)6-7-16(15)25-2/h3,6-7,9-10,12H,1,4-5,8,11H2,2H3. The summed E-state index contributed by atoms with van der Waals surface area (Å²) in [5.74, 6) is 3.25. The fourth-order valence-electron chi connectivity index (χ4n) is 2.83. The molecule has 8 heteroatoms. The van der Waals surface area contributed by atoms with E-state index in [0.29, 0.717) is 5.92 Å². The quantitative estimate of drug-likeness (QED) is 0.325. The Morgan fingerprint density at radius 1 is 1.41 bits per heavy atom. The topological polar surface area (TPSA) is 52.8 Å². The van der Waals surface area contributed by atoms with Gasteiger partial charge >= 0.3 is 0 Å². The normalized spacial score (nSPS) is 13.7. The molecule has 1 fully saturated rings. The van der Waals surface area contributed by atoms with Gasteiger partial charge < -0.3 is 9.30 Å². The number of methoxy groups -OCH3 is 1. The number of hydrogen-bond donors (Lipinski definition) is 0. The molecular formula is C19H19BrN4OS2. The van der Waals surface area contributed by atoms with Crippen LogP contribution < -0.4 is 4.74 Å². The second-order valence-corrected chi connectivity index (χ2v) is 9.01. The van der Waals surface area contributed by atoms with E-state index in [9.17, 15) is 0 Å². The van der Waals surface area contributed by atoms with E-state index in [-0.39, 0.29) is 0 Å². The van der Waals surface area contributed by atoms with Crippen molar-refractivity contribution >= 4 is 39.0 Å². The minimum atomic E-state index is 0.571. The van der Waals surface area contributed by atoms with Crippen molar-refractivity contribution in [3.63, 3.8) is 0 Å². The summed E-state index contributed by atoms with van der Waals surface area (Å²) in [5.41, 5.74) is 2.03. The molecule has 3 aromatic rings. The summed E-state index contributed by atoms with van der Waals surface area (Å²) >= 11 is 6.82. The zero-order valence-electron chi connectivity index (χ0n) is 14.9. The molecule has 0 unspecified atom stereocenters. The van der Waals surface area contributed by atoms with Gasteiger partial charge in [0.05, 0.1) is 18.4 Å². The highest BCUT2D eigenvalue weighted by atomic mass is 79.9. The van der Waals surface area contributed by atoms with E-state index in [2.05, 4.69) is 42.7 Å². The molecule has 0 bridgehead atoms. The molecule has 0 N–H and O–H groups in total. The third-order valence-electron chi connectivity index (χ3n) is 4.29. The van der Waals surface area contributed by atoms with Crippen molar-refractivity contribution in [2.45, 2.75) is 36.2 Å². The summed E-state index contributed by atoms with van der Waals surface area (Å²) < 4.78 is 8.67.